The molecule has 29 heavy (non-hydrogen) atoms. The van der Waals surface area contributed by atoms with Crippen molar-refractivity contribution in [1.82, 2.24) is 4.90 Å². The van der Waals surface area contributed by atoms with Gasteiger partial charge in [-0.25, -0.2) is 0 Å². The van der Waals surface area contributed by atoms with Crippen molar-refractivity contribution in [2.75, 3.05) is 31.1 Å². The lowest BCUT2D eigenvalue weighted by Gasteiger charge is -2.38. The van der Waals surface area contributed by atoms with E-state index in [-0.39, 0.29) is 19.3 Å². The molecule has 3 nitrogen and oxygen atoms in total. The molecule has 0 atom stereocenters. The molecule has 0 aliphatic carbocycles. The Kier molecular flexibility index (Phi) is 5.63. The summed E-state index contributed by atoms with van der Waals surface area (Å²) in [6.45, 7) is 3.28. The van der Waals surface area contributed by atoms with Gasteiger partial charge >= 0.3 is 0 Å². The van der Waals surface area contributed by atoms with Crippen molar-refractivity contribution in [2.45, 2.75) is 23.1 Å². The Morgan fingerprint density at radius 1 is 0.724 bits per heavy atom. The molecule has 0 bridgehead atoms. The van der Waals surface area contributed by atoms with E-state index >= 15 is 0 Å². The highest BCUT2D eigenvalue weighted by atomic mass is 32.2. The Morgan fingerprint density at radius 2 is 1.24 bits per heavy atom. The zero-order chi connectivity index (χ0) is 18.9. The van der Waals surface area contributed by atoms with E-state index in [1.807, 2.05) is 23.1 Å². The maximum Gasteiger partial charge on any atom is 0.234 e. The third-order valence-electron chi connectivity index (χ3n) is 5.64. The van der Waals surface area contributed by atoms with E-state index in [4.69, 9.17) is 0 Å². The van der Waals surface area contributed by atoms with Crippen LogP contribution in [0.1, 0.15) is 24.5 Å². The molecule has 0 aromatic heterocycles. The zero-order valence-electron chi connectivity index (χ0n) is 15.6. The van der Waals surface area contributed by atoms with E-state index in [1.54, 1.807) is 11.8 Å². The molecule has 0 unspecified atom stereocenters. The average Bonchev–Trinajstić information content (AvgIpc) is 2.77. The Balaban J connectivity index is 0.00000205. The quantitative estimate of drug-likeness (QED) is 0.584. The minimum Gasteiger partial charge on any atom is -0.368 e. The van der Waals surface area contributed by atoms with Gasteiger partial charge in [-0.2, -0.15) is 0 Å². The van der Waals surface area contributed by atoms with Crippen molar-refractivity contribution in [3.63, 3.8) is 0 Å². The number of anilines is 1. The molecular weight excluding hydrogens is 376 g/mol. The highest BCUT2D eigenvalue weighted by Crippen LogP contribution is 2.46. The number of para-hydroxylation sites is 1. The van der Waals surface area contributed by atoms with Gasteiger partial charge in [-0.05, 0) is 35.4 Å². The number of amides is 1. The number of rotatable bonds is 2. The van der Waals surface area contributed by atoms with Crippen molar-refractivity contribution < 1.29 is 4.79 Å². The zero-order valence-corrected chi connectivity index (χ0v) is 16.4. The molecule has 2 aliphatic rings. The first-order valence-corrected chi connectivity index (χ1v) is 10.6. The van der Waals surface area contributed by atoms with E-state index in [9.17, 15) is 4.79 Å². The van der Waals surface area contributed by atoms with E-state index in [1.165, 1.54) is 15.5 Å². The maximum absolute atomic E-state index is 13.6. The van der Waals surface area contributed by atoms with Crippen LogP contribution < -0.4 is 4.90 Å². The first kappa shape index (κ1) is 19.6. The number of piperazine rings is 1. The van der Waals surface area contributed by atoms with Gasteiger partial charge < -0.3 is 9.80 Å². The van der Waals surface area contributed by atoms with Crippen molar-refractivity contribution in [2.24, 2.45) is 0 Å². The summed E-state index contributed by atoms with van der Waals surface area (Å²) in [6.07, 6.45) is 0. The molecule has 148 valence electrons. The van der Waals surface area contributed by atoms with Gasteiger partial charge in [-0.3, -0.25) is 4.79 Å². The lowest BCUT2D eigenvalue weighted by Crippen LogP contribution is -2.50. The summed E-state index contributed by atoms with van der Waals surface area (Å²) >= 11 is 1.77. The minimum atomic E-state index is -0.197. The molecule has 2 heterocycles. The Hall–Kier alpha value is -2.72. The highest BCUT2D eigenvalue weighted by Gasteiger charge is 2.35. The topological polar surface area (TPSA) is 23.6 Å². The van der Waals surface area contributed by atoms with Gasteiger partial charge in [0.05, 0.1) is 5.92 Å². The van der Waals surface area contributed by atoms with Crippen LogP contribution in [0.5, 0.6) is 0 Å². The number of carbonyl (C=O) groups excluding carboxylic acids is 1. The molecule has 3 aromatic carbocycles. The van der Waals surface area contributed by atoms with Gasteiger partial charge in [0, 0.05) is 41.7 Å². The molecule has 1 amide bonds. The van der Waals surface area contributed by atoms with E-state index in [0.717, 1.165) is 37.3 Å². The summed E-state index contributed by atoms with van der Waals surface area (Å²) in [4.78, 5) is 20.4. The molecule has 1 saturated heterocycles. The third kappa shape index (κ3) is 3.65. The van der Waals surface area contributed by atoms with Crippen LogP contribution in [0.2, 0.25) is 0 Å². The molecule has 0 radical (unpaired) electrons. The van der Waals surface area contributed by atoms with Crippen molar-refractivity contribution in [3.05, 3.63) is 90.0 Å². The van der Waals surface area contributed by atoms with Crippen LogP contribution in [0.15, 0.2) is 88.7 Å². The van der Waals surface area contributed by atoms with Crippen LogP contribution in [-0.4, -0.2) is 37.0 Å². The molecule has 5 rings (SSSR count). The second-order valence-corrected chi connectivity index (χ2v) is 8.34. The molecule has 1 fully saturated rings. The van der Waals surface area contributed by atoms with Gasteiger partial charge in [0.25, 0.3) is 0 Å². The van der Waals surface area contributed by atoms with E-state index in [0.29, 0.717) is 0 Å². The van der Waals surface area contributed by atoms with Gasteiger partial charge in [0.15, 0.2) is 0 Å². The molecule has 2 aliphatic heterocycles. The van der Waals surface area contributed by atoms with Gasteiger partial charge in [0.1, 0.15) is 0 Å². The lowest BCUT2D eigenvalue weighted by molar-refractivity contribution is -0.132. The predicted octanol–water partition coefficient (Wildman–Crippen LogP) is 5.27. The van der Waals surface area contributed by atoms with Crippen LogP contribution in [0.3, 0.4) is 0 Å². The van der Waals surface area contributed by atoms with Crippen molar-refractivity contribution in [3.8, 4) is 0 Å². The molecule has 0 spiro atoms. The van der Waals surface area contributed by atoms with Gasteiger partial charge in [-0.15, -0.1) is 0 Å². The SMILES string of the molecule is C.O=C(C1c2ccccc2Sc2ccccc21)N1CCN(c2ccccc2)CC1. The van der Waals surface area contributed by atoms with Crippen molar-refractivity contribution >= 4 is 23.4 Å². The van der Waals surface area contributed by atoms with Gasteiger partial charge in [0.2, 0.25) is 5.91 Å². The summed E-state index contributed by atoms with van der Waals surface area (Å²) in [5, 5.41) is 0. The van der Waals surface area contributed by atoms with E-state index < -0.39 is 0 Å². The first-order valence-electron chi connectivity index (χ1n) is 9.76. The number of hydrogen-bond donors (Lipinski definition) is 0. The largest absolute Gasteiger partial charge is 0.368 e. The van der Waals surface area contributed by atoms with Crippen LogP contribution in [-0.2, 0) is 4.79 Å². The normalized spacial score (nSPS) is 15.9. The number of fused-ring (bicyclic) bond motifs is 2. The average molecular weight is 403 g/mol. The Morgan fingerprint density at radius 3 is 1.83 bits per heavy atom. The van der Waals surface area contributed by atoms with Crippen LogP contribution in [0, 0.1) is 0 Å². The van der Waals surface area contributed by atoms with Crippen LogP contribution >= 0.6 is 11.8 Å². The standard InChI is InChI=1S/C24H22N2OS.CH4/c27-24(26-16-14-25(15-17-26)18-8-2-1-3-9-18)23-19-10-4-6-12-21(19)28-22-13-7-5-11-20(22)23;/h1-13,23H,14-17H2;1H4. The summed E-state index contributed by atoms with van der Waals surface area (Å²) < 4.78 is 0. The third-order valence-corrected chi connectivity index (χ3v) is 6.82. The Labute approximate surface area is 177 Å². The molecular formula is C25H26N2OS. The fraction of sp³-hybridized carbons (Fsp3) is 0.240. The number of benzene rings is 3. The van der Waals surface area contributed by atoms with Crippen LogP contribution in [0.25, 0.3) is 0 Å². The maximum atomic E-state index is 13.6. The summed E-state index contributed by atoms with van der Waals surface area (Å²) in [6, 6.07) is 27.1. The van der Waals surface area contributed by atoms with Gasteiger partial charge in [-0.1, -0.05) is 73.8 Å². The Bertz CT molecular complexity index is 951. The second kappa shape index (κ2) is 8.34. The fourth-order valence-electron chi connectivity index (χ4n) is 4.18. The lowest BCUT2D eigenvalue weighted by atomic mass is 9.89. The fourth-order valence-corrected chi connectivity index (χ4v) is 5.32. The number of nitrogens with zero attached hydrogens (tertiary/aromatic N) is 2. The first-order chi connectivity index (χ1) is 13.8. The summed E-state index contributed by atoms with van der Waals surface area (Å²) in [5.74, 6) is 0.0323. The highest BCUT2D eigenvalue weighted by molar-refractivity contribution is 7.99. The van der Waals surface area contributed by atoms with E-state index in [2.05, 4.69) is 65.6 Å². The molecule has 0 saturated carbocycles. The van der Waals surface area contributed by atoms with Crippen LogP contribution in [0.4, 0.5) is 5.69 Å². The predicted molar refractivity (Wildman–Crippen MR) is 121 cm³/mol. The second-order valence-electron chi connectivity index (χ2n) is 7.26. The molecule has 4 heteroatoms. The monoisotopic (exact) mass is 402 g/mol. The minimum absolute atomic E-state index is 0. The number of carbonyl (C=O) groups is 1. The van der Waals surface area contributed by atoms with Crippen molar-refractivity contribution in [1.29, 1.82) is 0 Å². The smallest absolute Gasteiger partial charge is 0.234 e. The molecule has 0 N–H and O–H groups in total. The molecule has 3 aromatic rings. The number of hydrogen-bond acceptors (Lipinski definition) is 3. The summed E-state index contributed by atoms with van der Waals surface area (Å²) in [5.41, 5.74) is 3.52. The summed E-state index contributed by atoms with van der Waals surface area (Å²) in [7, 11) is 0.